The van der Waals surface area contributed by atoms with Crippen molar-refractivity contribution < 1.29 is 37.2 Å². The normalized spacial score (nSPS) is 17.0. The molecule has 19 heavy (non-hydrogen) atoms. The zero-order valence-electron chi connectivity index (χ0n) is 10.4. The summed E-state index contributed by atoms with van der Waals surface area (Å²) in [7, 11) is -2.66. The molecule has 2 rings (SSSR count). The van der Waals surface area contributed by atoms with E-state index in [1.54, 1.807) is 30.3 Å². The maximum Gasteiger partial charge on any atom is 1.00 e. The van der Waals surface area contributed by atoms with E-state index < -0.39 is 16.2 Å². The molecule has 0 saturated heterocycles. The van der Waals surface area contributed by atoms with Crippen LogP contribution in [-0.4, -0.2) is 31.5 Å². The van der Waals surface area contributed by atoms with Gasteiger partial charge in [0, 0.05) is 24.4 Å². The minimum atomic E-state index is -3.87. The van der Waals surface area contributed by atoms with Crippen LogP contribution in [0.5, 0.6) is 0 Å². The van der Waals surface area contributed by atoms with Crippen molar-refractivity contribution >= 4 is 21.9 Å². The zero-order chi connectivity index (χ0) is 13.3. The molecule has 0 fully saturated rings. The van der Waals surface area contributed by atoms with E-state index in [0.29, 0.717) is 5.56 Å². The van der Waals surface area contributed by atoms with Crippen LogP contribution in [0.2, 0.25) is 0 Å². The maximum absolute atomic E-state index is 11.6. The van der Waals surface area contributed by atoms with Gasteiger partial charge in [0.15, 0.2) is 0 Å². The SMILES string of the molecule is CN1C=C(C(=O)[O-])C(c2ccccc2)=NS1(=O)=O.[Li+]. The molecule has 0 bridgehead atoms. The maximum atomic E-state index is 11.6. The first kappa shape index (κ1) is 15.5. The van der Waals surface area contributed by atoms with E-state index in [0.717, 1.165) is 10.5 Å². The monoisotopic (exact) mass is 272 g/mol. The van der Waals surface area contributed by atoms with E-state index in [-0.39, 0.29) is 30.1 Å². The molecule has 1 heterocycles. The molecule has 0 aliphatic carbocycles. The first-order chi connectivity index (χ1) is 8.42. The van der Waals surface area contributed by atoms with Crippen molar-refractivity contribution in [2.75, 3.05) is 7.05 Å². The Labute approximate surface area is 122 Å². The largest absolute Gasteiger partial charge is 1.00 e. The Balaban J connectivity index is 0.00000180. The molecule has 0 aromatic heterocycles. The predicted octanol–water partition coefficient (Wildman–Crippen LogP) is -3.70. The van der Waals surface area contributed by atoms with Gasteiger partial charge < -0.3 is 9.90 Å². The Morgan fingerprint density at radius 2 is 1.84 bits per heavy atom. The number of carboxylic acid groups (broad SMARTS) is 1. The van der Waals surface area contributed by atoms with E-state index >= 15 is 0 Å². The van der Waals surface area contributed by atoms with Crippen molar-refractivity contribution in [1.82, 2.24) is 4.31 Å². The van der Waals surface area contributed by atoms with E-state index in [2.05, 4.69) is 4.40 Å². The average Bonchev–Trinajstić information content (AvgIpc) is 2.33. The van der Waals surface area contributed by atoms with Crippen molar-refractivity contribution in [3.8, 4) is 0 Å². The molecule has 0 spiro atoms. The van der Waals surface area contributed by atoms with Gasteiger partial charge in [0.05, 0.1) is 11.7 Å². The molecule has 0 N–H and O–H groups in total. The van der Waals surface area contributed by atoms with Gasteiger partial charge in [-0.05, 0) is 0 Å². The molecule has 0 amide bonds. The summed E-state index contributed by atoms with van der Waals surface area (Å²) >= 11 is 0. The van der Waals surface area contributed by atoms with Crippen LogP contribution in [-0.2, 0) is 15.0 Å². The minimum absolute atomic E-state index is 0. The fraction of sp³-hybridized carbons (Fsp3) is 0.0909. The van der Waals surface area contributed by atoms with Crippen LogP contribution in [0.3, 0.4) is 0 Å². The van der Waals surface area contributed by atoms with Gasteiger partial charge in [0.2, 0.25) is 0 Å². The fourth-order valence-electron chi connectivity index (χ4n) is 1.49. The van der Waals surface area contributed by atoms with Gasteiger partial charge in [0.25, 0.3) is 0 Å². The van der Waals surface area contributed by atoms with E-state index in [4.69, 9.17) is 0 Å². The molecule has 0 atom stereocenters. The van der Waals surface area contributed by atoms with E-state index in [1.165, 1.54) is 7.05 Å². The summed E-state index contributed by atoms with van der Waals surface area (Å²) in [6.45, 7) is 0. The second-order valence-electron chi connectivity index (χ2n) is 3.63. The summed E-state index contributed by atoms with van der Waals surface area (Å²) in [5, 5.41) is 11.0. The number of hydrogen-bond acceptors (Lipinski definition) is 4. The van der Waals surface area contributed by atoms with Crippen LogP contribution < -0.4 is 24.0 Å². The molecule has 94 valence electrons. The third-order valence-corrected chi connectivity index (χ3v) is 3.65. The van der Waals surface area contributed by atoms with Crippen LogP contribution in [0.4, 0.5) is 0 Å². The Bertz CT molecular complexity index is 653. The summed E-state index contributed by atoms with van der Waals surface area (Å²) in [5.41, 5.74) is 0.0249. The summed E-state index contributed by atoms with van der Waals surface area (Å²) in [6.07, 6.45) is 0.986. The van der Waals surface area contributed by atoms with E-state index in [1.807, 2.05) is 0 Å². The molecular formula is C11H9LiN2O4S. The van der Waals surface area contributed by atoms with Crippen LogP contribution in [0.25, 0.3) is 0 Å². The van der Waals surface area contributed by atoms with Crippen molar-refractivity contribution in [3.05, 3.63) is 47.7 Å². The third kappa shape index (κ3) is 3.07. The number of carbonyl (C=O) groups is 1. The number of hydrogen-bond donors (Lipinski definition) is 0. The first-order valence-electron chi connectivity index (χ1n) is 4.99. The molecule has 1 aliphatic heterocycles. The van der Waals surface area contributed by atoms with Crippen LogP contribution in [0.15, 0.2) is 46.5 Å². The van der Waals surface area contributed by atoms with Gasteiger partial charge in [-0.25, -0.2) is 0 Å². The van der Waals surface area contributed by atoms with Gasteiger partial charge in [-0.3, -0.25) is 4.31 Å². The molecule has 1 aliphatic rings. The molecule has 6 nitrogen and oxygen atoms in total. The Morgan fingerprint density at radius 3 is 2.37 bits per heavy atom. The van der Waals surface area contributed by atoms with Crippen LogP contribution >= 0.6 is 0 Å². The topological polar surface area (TPSA) is 89.9 Å². The molecular weight excluding hydrogens is 263 g/mol. The molecule has 8 heteroatoms. The average molecular weight is 272 g/mol. The van der Waals surface area contributed by atoms with Crippen LogP contribution in [0.1, 0.15) is 5.56 Å². The third-order valence-electron chi connectivity index (χ3n) is 2.40. The summed E-state index contributed by atoms with van der Waals surface area (Å²) in [5.74, 6) is -1.47. The number of carbonyl (C=O) groups excluding carboxylic acids is 1. The van der Waals surface area contributed by atoms with Crippen molar-refractivity contribution in [3.63, 3.8) is 0 Å². The Hall–Kier alpha value is -1.55. The summed E-state index contributed by atoms with van der Waals surface area (Å²) in [6, 6.07) is 8.22. The quantitative estimate of drug-likeness (QED) is 0.518. The molecule has 1 aromatic rings. The van der Waals surface area contributed by atoms with E-state index in [9.17, 15) is 18.3 Å². The van der Waals surface area contributed by atoms with Gasteiger partial charge in [-0.2, -0.15) is 8.42 Å². The summed E-state index contributed by atoms with van der Waals surface area (Å²) in [4.78, 5) is 11.0. The molecule has 0 unspecified atom stereocenters. The summed E-state index contributed by atoms with van der Waals surface area (Å²) < 4.78 is 27.5. The number of rotatable bonds is 2. The molecule has 0 radical (unpaired) electrons. The standard InChI is InChI=1S/C11H10N2O4S.Li/c1-13-7-9(11(14)15)10(12-18(13,16)17)8-5-3-2-4-6-8;/h2-7H,1H3,(H,14,15);/q;+1/p-1. The smallest absolute Gasteiger partial charge is 0.545 e. The number of benzene rings is 1. The minimum Gasteiger partial charge on any atom is -0.545 e. The number of nitrogens with zero attached hydrogens (tertiary/aromatic N) is 2. The second-order valence-corrected chi connectivity index (χ2v) is 5.28. The van der Waals surface area contributed by atoms with Gasteiger partial charge in [-0.15, -0.1) is 4.40 Å². The second kappa shape index (κ2) is 5.61. The zero-order valence-corrected chi connectivity index (χ0v) is 11.2. The molecule has 1 aromatic carbocycles. The Morgan fingerprint density at radius 1 is 1.26 bits per heavy atom. The van der Waals surface area contributed by atoms with Gasteiger partial charge in [-0.1, -0.05) is 30.3 Å². The van der Waals surface area contributed by atoms with Gasteiger partial charge in [0.1, 0.15) is 0 Å². The fourth-order valence-corrected chi connectivity index (χ4v) is 2.29. The van der Waals surface area contributed by atoms with Gasteiger partial charge >= 0.3 is 29.1 Å². The van der Waals surface area contributed by atoms with Crippen molar-refractivity contribution in [2.24, 2.45) is 4.40 Å². The van der Waals surface area contributed by atoms with Crippen molar-refractivity contribution in [1.29, 1.82) is 0 Å². The first-order valence-corrected chi connectivity index (χ1v) is 6.38. The molecule has 0 saturated carbocycles. The Kier molecular flexibility index (Phi) is 4.58. The van der Waals surface area contributed by atoms with Crippen molar-refractivity contribution in [2.45, 2.75) is 0 Å². The predicted molar refractivity (Wildman–Crippen MR) is 62.8 cm³/mol. The number of aliphatic carboxylic acids is 1. The van der Waals surface area contributed by atoms with Crippen LogP contribution in [0, 0.1) is 0 Å². The number of carboxylic acids is 1.